The lowest BCUT2D eigenvalue weighted by Crippen LogP contribution is -2.57. The number of rotatable bonds is 6. The van der Waals surface area contributed by atoms with E-state index >= 15 is 0 Å². The number of piperidine rings is 1. The van der Waals surface area contributed by atoms with Gasteiger partial charge in [-0.2, -0.15) is 0 Å². The minimum atomic E-state index is 0.231. The fraction of sp³-hybridized carbons (Fsp3) is 1.00. The normalized spacial score (nSPS) is 22.9. The van der Waals surface area contributed by atoms with Crippen LogP contribution < -0.4 is 5.73 Å². The summed E-state index contributed by atoms with van der Waals surface area (Å²) in [6, 6.07) is 0.723. The van der Waals surface area contributed by atoms with E-state index in [1.807, 2.05) is 0 Å². The molecular weight excluding hydrogens is 210 g/mol. The summed E-state index contributed by atoms with van der Waals surface area (Å²) in [6.07, 6.45) is 6.20. The monoisotopic (exact) mass is 241 g/mol. The van der Waals surface area contributed by atoms with Gasteiger partial charge in [0.2, 0.25) is 0 Å². The van der Waals surface area contributed by atoms with Gasteiger partial charge in [-0.15, -0.1) is 0 Å². The molecule has 0 radical (unpaired) electrons. The molecule has 1 aliphatic rings. The van der Waals surface area contributed by atoms with Crippen molar-refractivity contribution >= 4 is 0 Å². The summed E-state index contributed by atoms with van der Waals surface area (Å²) in [5, 5.41) is 0. The second-order valence-electron chi connectivity index (χ2n) is 5.68. The second kappa shape index (κ2) is 6.72. The molecule has 0 aliphatic carbocycles. The van der Waals surface area contributed by atoms with E-state index in [0.717, 1.165) is 12.6 Å². The Morgan fingerprint density at radius 1 is 1.29 bits per heavy atom. The van der Waals surface area contributed by atoms with Crippen LogP contribution in [-0.4, -0.2) is 55.1 Å². The highest BCUT2D eigenvalue weighted by molar-refractivity contribution is 4.93. The van der Waals surface area contributed by atoms with Gasteiger partial charge in [0.05, 0.1) is 0 Å². The number of nitrogens with zero attached hydrogens (tertiary/aromatic N) is 2. The van der Waals surface area contributed by atoms with Crippen molar-refractivity contribution in [2.75, 3.05) is 33.7 Å². The summed E-state index contributed by atoms with van der Waals surface area (Å²) >= 11 is 0. The molecule has 0 bridgehead atoms. The number of hydrogen-bond acceptors (Lipinski definition) is 3. The Balaban J connectivity index is 2.66. The molecule has 3 nitrogen and oxygen atoms in total. The van der Waals surface area contributed by atoms with Crippen molar-refractivity contribution < 1.29 is 0 Å². The van der Waals surface area contributed by atoms with Crippen molar-refractivity contribution in [2.24, 2.45) is 5.73 Å². The van der Waals surface area contributed by atoms with Crippen LogP contribution in [0.2, 0.25) is 0 Å². The molecule has 0 aromatic heterocycles. The molecule has 0 spiro atoms. The summed E-state index contributed by atoms with van der Waals surface area (Å²) in [6.45, 7) is 7.80. The van der Waals surface area contributed by atoms with Crippen molar-refractivity contribution in [3.63, 3.8) is 0 Å². The van der Waals surface area contributed by atoms with E-state index in [1.165, 1.54) is 45.2 Å². The quantitative estimate of drug-likeness (QED) is 0.771. The van der Waals surface area contributed by atoms with Crippen molar-refractivity contribution in [1.82, 2.24) is 9.80 Å². The van der Waals surface area contributed by atoms with Crippen LogP contribution in [0.3, 0.4) is 0 Å². The van der Waals surface area contributed by atoms with Gasteiger partial charge in [-0.3, -0.25) is 4.90 Å². The topological polar surface area (TPSA) is 32.5 Å². The smallest absolute Gasteiger partial charge is 0.0328 e. The van der Waals surface area contributed by atoms with Crippen LogP contribution in [-0.2, 0) is 0 Å². The van der Waals surface area contributed by atoms with Gasteiger partial charge in [0, 0.05) is 18.1 Å². The van der Waals surface area contributed by atoms with Crippen molar-refractivity contribution in [1.29, 1.82) is 0 Å². The Hall–Kier alpha value is -0.120. The zero-order chi connectivity index (χ0) is 12.9. The lowest BCUT2D eigenvalue weighted by atomic mass is 9.86. The van der Waals surface area contributed by atoms with Gasteiger partial charge in [-0.1, -0.05) is 20.3 Å². The van der Waals surface area contributed by atoms with E-state index < -0.39 is 0 Å². The van der Waals surface area contributed by atoms with Crippen LogP contribution in [0.25, 0.3) is 0 Å². The van der Waals surface area contributed by atoms with Crippen LogP contribution in [0.15, 0.2) is 0 Å². The molecule has 1 unspecified atom stereocenters. The van der Waals surface area contributed by atoms with Crippen LogP contribution in [0, 0.1) is 0 Å². The highest BCUT2D eigenvalue weighted by atomic mass is 15.2. The van der Waals surface area contributed by atoms with Gasteiger partial charge in [0.15, 0.2) is 0 Å². The molecule has 1 rings (SSSR count). The first kappa shape index (κ1) is 14.9. The lowest BCUT2D eigenvalue weighted by molar-refractivity contribution is 0.0340. The third kappa shape index (κ3) is 3.43. The van der Waals surface area contributed by atoms with Crippen LogP contribution in [0.1, 0.15) is 46.0 Å². The van der Waals surface area contributed by atoms with Crippen LogP contribution in [0.5, 0.6) is 0 Å². The van der Waals surface area contributed by atoms with Crippen molar-refractivity contribution in [3.8, 4) is 0 Å². The number of likely N-dealkylation sites (tertiary alicyclic amines) is 1. The molecular formula is C14H31N3. The summed E-state index contributed by atoms with van der Waals surface area (Å²) in [7, 11) is 4.51. The third-order valence-corrected chi connectivity index (χ3v) is 4.74. The van der Waals surface area contributed by atoms with E-state index in [0.29, 0.717) is 0 Å². The Morgan fingerprint density at radius 3 is 2.29 bits per heavy atom. The molecule has 1 aliphatic heterocycles. The number of nitrogens with two attached hydrogens (primary N) is 1. The molecule has 102 valence electrons. The Kier molecular flexibility index (Phi) is 5.90. The molecule has 0 amide bonds. The predicted octanol–water partition coefficient (Wildman–Crippen LogP) is 1.92. The van der Waals surface area contributed by atoms with Crippen molar-refractivity contribution in [2.45, 2.75) is 57.5 Å². The molecule has 3 heteroatoms. The molecule has 1 saturated heterocycles. The van der Waals surface area contributed by atoms with Gasteiger partial charge in [-0.25, -0.2) is 0 Å². The lowest BCUT2D eigenvalue weighted by Gasteiger charge is -2.47. The first-order chi connectivity index (χ1) is 8.09. The zero-order valence-corrected chi connectivity index (χ0v) is 12.2. The van der Waals surface area contributed by atoms with E-state index in [1.54, 1.807) is 0 Å². The summed E-state index contributed by atoms with van der Waals surface area (Å²) in [4.78, 5) is 5.03. The molecule has 0 saturated carbocycles. The maximum atomic E-state index is 6.09. The van der Waals surface area contributed by atoms with Gasteiger partial charge in [-0.05, 0) is 52.9 Å². The Labute approximate surface area is 107 Å². The fourth-order valence-corrected chi connectivity index (χ4v) is 3.23. The van der Waals surface area contributed by atoms with Gasteiger partial charge < -0.3 is 10.6 Å². The second-order valence-corrected chi connectivity index (χ2v) is 5.68. The standard InChI is InChI=1S/C14H31N3/c1-5-9-14(6-2,12-15)17(4)13-7-10-16(3)11-8-13/h13H,5-12,15H2,1-4H3. The largest absolute Gasteiger partial charge is 0.329 e. The minimum absolute atomic E-state index is 0.231. The molecule has 1 heterocycles. The molecule has 0 aromatic carbocycles. The van der Waals surface area contributed by atoms with E-state index in [4.69, 9.17) is 5.73 Å². The van der Waals surface area contributed by atoms with Crippen molar-refractivity contribution in [3.05, 3.63) is 0 Å². The molecule has 1 atom stereocenters. The van der Waals surface area contributed by atoms with Crippen LogP contribution >= 0.6 is 0 Å². The molecule has 17 heavy (non-hydrogen) atoms. The summed E-state index contributed by atoms with van der Waals surface area (Å²) in [5.74, 6) is 0. The average Bonchev–Trinajstić information content (AvgIpc) is 2.36. The third-order valence-electron chi connectivity index (χ3n) is 4.74. The van der Waals surface area contributed by atoms with E-state index in [9.17, 15) is 0 Å². The Bertz CT molecular complexity index is 206. The van der Waals surface area contributed by atoms with E-state index in [-0.39, 0.29) is 5.54 Å². The van der Waals surface area contributed by atoms with E-state index in [2.05, 4.69) is 37.7 Å². The zero-order valence-electron chi connectivity index (χ0n) is 12.2. The minimum Gasteiger partial charge on any atom is -0.329 e. The SMILES string of the molecule is CCCC(CC)(CN)N(C)C1CCN(C)CC1. The van der Waals surface area contributed by atoms with Gasteiger partial charge >= 0.3 is 0 Å². The summed E-state index contributed by atoms with van der Waals surface area (Å²) < 4.78 is 0. The first-order valence-electron chi connectivity index (χ1n) is 7.21. The summed E-state index contributed by atoms with van der Waals surface area (Å²) in [5.41, 5.74) is 6.32. The first-order valence-corrected chi connectivity index (χ1v) is 7.21. The molecule has 2 N–H and O–H groups in total. The van der Waals surface area contributed by atoms with Gasteiger partial charge in [0.1, 0.15) is 0 Å². The molecule has 1 fully saturated rings. The van der Waals surface area contributed by atoms with Gasteiger partial charge in [0.25, 0.3) is 0 Å². The number of likely N-dealkylation sites (N-methyl/N-ethyl adjacent to an activating group) is 1. The maximum absolute atomic E-state index is 6.09. The molecule has 0 aromatic rings. The average molecular weight is 241 g/mol. The van der Waals surface area contributed by atoms with Crippen LogP contribution in [0.4, 0.5) is 0 Å². The fourth-order valence-electron chi connectivity index (χ4n) is 3.23. The predicted molar refractivity (Wildman–Crippen MR) is 75.3 cm³/mol. The highest BCUT2D eigenvalue weighted by Gasteiger charge is 2.35. The maximum Gasteiger partial charge on any atom is 0.0328 e. The highest BCUT2D eigenvalue weighted by Crippen LogP contribution is 2.28. The number of hydrogen-bond donors (Lipinski definition) is 1. The Morgan fingerprint density at radius 2 is 1.88 bits per heavy atom.